The molecule has 0 amide bonds. The quantitative estimate of drug-likeness (QED) is 0.725. The molecule has 2 aromatic rings. The van der Waals surface area contributed by atoms with Crippen LogP contribution in [0.25, 0.3) is 10.6 Å². The predicted octanol–water partition coefficient (Wildman–Crippen LogP) is 4.00. The maximum absolute atomic E-state index is 13.5. The van der Waals surface area contributed by atoms with Gasteiger partial charge in [0, 0.05) is 16.6 Å². The van der Waals surface area contributed by atoms with Crippen LogP contribution >= 0.6 is 22.9 Å². The Morgan fingerprint density at radius 1 is 1.47 bits per heavy atom. The van der Waals surface area contributed by atoms with Crippen molar-refractivity contribution < 1.29 is 4.39 Å². The van der Waals surface area contributed by atoms with Crippen LogP contribution in [0.15, 0.2) is 24.4 Å². The van der Waals surface area contributed by atoms with E-state index in [0.717, 1.165) is 10.4 Å². The van der Waals surface area contributed by atoms with Crippen molar-refractivity contribution in [2.75, 3.05) is 0 Å². The Labute approximate surface area is 96.5 Å². The summed E-state index contributed by atoms with van der Waals surface area (Å²) in [4.78, 5) is 5.10. The van der Waals surface area contributed by atoms with Crippen molar-refractivity contribution in [3.8, 4) is 10.6 Å². The first-order chi connectivity index (χ1) is 7.20. The number of aryl methyl sites for hydroxylation is 1. The summed E-state index contributed by atoms with van der Waals surface area (Å²) < 4.78 is 13.5. The first-order valence-electron chi connectivity index (χ1n) is 4.48. The van der Waals surface area contributed by atoms with Crippen LogP contribution in [0.3, 0.4) is 0 Å². The molecule has 0 aliphatic carbocycles. The fourth-order valence-electron chi connectivity index (χ4n) is 1.30. The molecule has 1 nitrogen and oxygen atoms in total. The van der Waals surface area contributed by atoms with Crippen molar-refractivity contribution in [3.63, 3.8) is 0 Å². The highest BCUT2D eigenvalue weighted by Gasteiger charge is 2.09. The summed E-state index contributed by atoms with van der Waals surface area (Å²) in [6.07, 6.45) is 1.69. The topological polar surface area (TPSA) is 12.9 Å². The van der Waals surface area contributed by atoms with Crippen LogP contribution in [0.2, 0.25) is 0 Å². The molecule has 15 heavy (non-hydrogen) atoms. The Kier molecular flexibility index (Phi) is 3.03. The van der Waals surface area contributed by atoms with Crippen LogP contribution in [-0.2, 0) is 5.88 Å². The van der Waals surface area contributed by atoms with E-state index >= 15 is 0 Å². The Morgan fingerprint density at radius 3 is 2.93 bits per heavy atom. The summed E-state index contributed by atoms with van der Waals surface area (Å²) in [5.41, 5.74) is 1.57. The number of alkyl halides is 1. The molecule has 1 aromatic carbocycles. The van der Waals surface area contributed by atoms with Gasteiger partial charge < -0.3 is 0 Å². The second-order valence-electron chi connectivity index (χ2n) is 3.25. The van der Waals surface area contributed by atoms with Crippen LogP contribution in [0.4, 0.5) is 4.39 Å². The van der Waals surface area contributed by atoms with Crippen molar-refractivity contribution in [3.05, 3.63) is 40.7 Å². The minimum Gasteiger partial charge on any atom is -0.244 e. The number of rotatable bonds is 2. The van der Waals surface area contributed by atoms with Gasteiger partial charge in [0.05, 0.1) is 5.88 Å². The standard InChI is InChI=1S/C11H9ClFNS/c1-7-2-3-10(13)9(4-7)11-14-6-8(5-12)15-11/h2-4,6H,5H2,1H3. The Hall–Kier alpha value is -0.930. The van der Waals surface area contributed by atoms with Crippen LogP contribution in [0, 0.1) is 12.7 Å². The van der Waals surface area contributed by atoms with Crippen molar-refractivity contribution >= 4 is 22.9 Å². The number of thiazole rings is 1. The molecular formula is C11H9ClFNS. The van der Waals surface area contributed by atoms with E-state index in [4.69, 9.17) is 11.6 Å². The zero-order valence-electron chi connectivity index (χ0n) is 8.13. The van der Waals surface area contributed by atoms with E-state index in [1.165, 1.54) is 17.4 Å². The lowest BCUT2D eigenvalue weighted by atomic mass is 10.1. The molecule has 0 saturated carbocycles. The highest BCUT2D eigenvalue weighted by molar-refractivity contribution is 7.15. The molecule has 1 heterocycles. The van der Waals surface area contributed by atoms with Gasteiger partial charge in [-0.3, -0.25) is 0 Å². The molecule has 0 saturated heterocycles. The average molecular weight is 242 g/mol. The lowest BCUT2D eigenvalue weighted by molar-refractivity contribution is 0.631. The Morgan fingerprint density at radius 2 is 2.27 bits per heavy atom. The summed E-state index contributed by atoms with van der Waals surface area (Å²) in [5, 5.41) is 0.687. The van der Waals surface area contributed by atoms with E-state index in [-0.39, 0.29) is 5.82 Å². The van der Waals surface area contributed by atoms with Gasteiger partial charge in [0.1, 0.15) is 10.8 Å². The molecule has 0 unspecified atom stereocenters. The fourth-order valence-corrected chi connectivity index (χ4v) is 2.31. The zero-order chi connectivity index (χ0) is 10.8. The number of benzene rings is 1. The van der Waals surface area contributed by atoms with Gasteiger partial charge in [-0.2, -0.15) is 0 Å². The Bertz CT molecular complexity index is 481. The van der Waals surface area contributed by atoms with E-state index in [1.807, 2.05) is 6.92 Å². The van der Waals surface area contributed by atoms with Gasteiger partial charge in [0.15, 0.2) is 0 Å². The molecule has 0 spiro atoms. The molecule has 0 aliphatic rings. The van der Waals surface area contributed by atoms with Crippen LogP contribution in [-0.4, -0.2) is 4.98 Å². The van der Waals surface area contributed by atoms with Crippen molar-refractivity contribution in [1.82, 2.24) is 4.98 Å². The summed E-state index contributed by atoms with van der Waals surface area (Å²) in [6, 6.07) is 5.01. The van der Waals surface area contributed by atoms with E-state index < -0.39 is 0 Å². The van der Waals surface area contributed by atoms with Crippen molar-refractivity contribution in [1.29, 1.82) is 0 Å². The van der Waals surface area contributed by atoms with Gasteiger partial charge in [-0.05, 0) is 19.1 Å². The number of aromatic nitrogens is 1. The molecule has 0 fully saturated rings. The van der Waals surface area contributed by atoms with Crippen LogP contribution in [0.5, 0.6) is 0 Å². The lowest BCUT2D eigenvalue weighted by Crippen LogP contribution is -1.84. The largest absolute Gasteiger partial charge is 0.244 e. The summed E-state index contributed by atoms with van der Waals surface area (Å²) in [7, 11) is 0. The maximum Gasteiger partial charge on any atom is 0.133 e. The minimum absolute atomic E-state index is 0.240. The third-order valence-corrected chi connectivity index (χ3v) is 3.51. The highest BCUT2D eigenvalue weighted by atomic mass is 35.5. The molecule has 2 rings (SSSR count). The van der Waals surface area contributed by atoms with Crippen LogP contribution in [0.1, 0.15) is 10.4 Å². The number of hydrogen-bond donors (Lipinski definition) is 0. The van der Waals surface area contributed by atoms with E-state index in [0.29, 0.717) is 16.5 Å². The number of hydrogen-bond acceptors (Lipinski definition) is 2. The monoisotopic (exact) mass is 241 g/mol. The van der Waals surface area contributed by atoms with Gasteiger partial charge in [0.25, 0.3) is 0 Å². The lowest BCUT2D eigenvalue weighted by Gasteiger charge is -1.99. The molecule has 0 atom stereocenters. The minimum atomic E-state index is -0.240. The molecule has 0 aliphatic heterocycles. The first kappa shape index (κ1) is 10.6. The summed E-state index contributed by atoms with van der Waals surface area (Å²) in [6.45, 7) is 1.93. The van der Waals surface area contributed by atoms with Gasteiger partial charge >= 0.3 is 0 Å². The van der Waals surface area contributed by atoms with E-state index in [9.17, 15) is 4.39 Å². The molecular weight excluding hydrogens is 233 g/mol. The summed E-state index contributed by atoms with van der Waals surface area (Å²) >= 11 is 7.10. The Balaban J connectivity index is 2.48. The van der Waals surface area contributed by atoms with E-state index in [1.54, 1.807) is 18.3 Å². The zero-order valence-corrected chi connectivity index (χ0v) is 9.70. The molecule has 0 N–H and O–H groups in total. The van der Waals surface area contributed by atoms with Gasteiger partial charge in [0.2, 0.25) is 0 Å². The summed E-state index contributed by atoms with van der Waals surface area (Å²) in [5.74, 6) is 0.182. The van der Waals surface area contributed by atoms with Gasteiger partial charge in [-0.1, -0.05) is 11.6 Å². The third-order valence-electron chi connectivity index (χ3n) is 2.04. The van der Waals surface area contributed by atoms with E-state index in [2.05, 4.69) is 4.98 Å². The van der Waals surface area contributed by atoms with Gasteiger partial charge in [-0.15, -0.1) is 22.9 Å². The number of nitrogens with zero attached hydrogens (tertiary/aromatic N) is 1. The molecule has 0 bridgehead atoms. The number of halogens is 2. The first-order valence-corrected chi connectivity index (χ1v) is 5.83. The molecule has 78 valence electrons. The smallest absolute Gasteiger partial charge is 0.133 e. The van der Waals surface area contributed by atoms with Crippen molar-refractivity contribution in [2.24, 2.45) is 0 Å². The highest BCUT2D eigenvalue weighted by Crippen LogP contribution is 2.28. The fraction of sp³-hybridized carbons (Fsp3) is 0.182. The molecule has 4 heteroatoms. The normalized spacial score (nSPS) is 10.6. The molecule has 0 radical (unpaired) electrons. The third kappa shape index (κ3) is 2.19. The van der Waals surface area contributed by atoms with Crippen LogP contribution < -0.4 is 0 Å². The maximum atomic E-state index is 13.5. The second kappa shape index (κ2) is 4.29. The van der Waals surface area contributed by atoms with Crippen molar-refractivity contribution in [2.45, 2.75) is 12.8 Å². The van der Waals surface area contributed by atoms with Gasteiger partial charge in [-0.25, -0.2) is 9.37 Å². The predicted molar refractivity (Wildman–Crippen MR) is 61.8 cm³/mol. The SMILES string of the molecule is Cc1ccc(F)c(-c2ncc(CCl)s2)c1. The molecule has 1 aromatic heterocycles. The second-order valence-corrected chi connectivity index (χ2v) is 4.63. The average Bonchev–Trinajstić information content (AvgIpc) is 2.70.